The lowest BCUT2D eigenvalue weighted by Gasteiger charge is -2.27. The Morgan fingerprint density at radius 3 is 2.04 bits per heavy atom. The second-order valence-corrected chi connectivity index (χ2v) is 6.98. The van der Waals surface area contributed by atoms with Gasteiger partial charge in [-0.05, 0) is 62.0 Å². The third kappa shape index (κ3) is 4.72. The van der Waals surface area contributed by atoms with E-state index in [1.165, 1.54) is 11.1 Å². The summed E-state index contributed by atoms with van der Waals surface area (Å²) in [7, 11) is 0. The van der Waals surface area contributed by atoms with Gasteiger partial charge in [-0.15, -0.1) is 0 Å². The van der Waals surface area contributed by atoms with Crippen molar-refractivity contribution in [3.63, 3.8) is 0 Å². The molecule has 138 valence electrons. The molecule has 0 N–H and O–H groups in total. The van der Waals surface area contributed by atoms with Crippen molar-refractivity contribution in [1.29, 1.82) is 0 Å². The average Bonchev–Trinajstić information content (AvgIpc) is 2.55. The number of rotatable bonds is 5. The second-order valence-electron chi connectivity index (χ2n) is 6.98. The molecule has 1 atom stereocenters. The molecule has 0 bridgehead atoms. The lowest BCUT2D eigenvalue weighted by molar-refractivity contribution is -0.136. The van der Waals surface area contributed by atoms with Gasteiger partial charge >= 0.3 is 11.9 Å². The predicted molar refractivity (Wildman–Crippen MR) is 102 cm³/mol. The van der Waals surface area contributed by atoms with Crippen LogP contribution in [-0.4, -0.2) is 11.9 Å². The van der Waals surface area contributed by atoms with E-state index >= 15 is 0 Å². The van der Waals surface area contributed by atoms with Crippen LogP contribution in [0.4, 0.5) is 0 Å². The van der Waals surface area contributed by atoms with Crippen LogP contribution in [0.15, 0.2) is 70.8 Å². The van der Waals surface area contributed by atoms with E-state index in [9.17, 15) is 9.59 Å². The van der Waals surface area contributed by atoms with E-state index in [1.54, 1.807) is 13.8 Å². The molecule has 0 aromatic carbocycles. The van der Waals surface area contributed by atoms with Crippen molar-refractivity contribution in [3.05, 3.63) is 70.8 Å². The van der Waals surface area contributed by atoms with E-state index in [0.29, 0.717) is 35.5 Å². The Balaban J connectivity index is 2.19. The van der Waals surface area contributed by atoms with Crippen molar-refractivity contribution in [3.8, 4) is 0 Å². The van der Waals surface area contributed by atoms with Crippen LogP contribution in [-0.2, 0) is 19.1 Å². The molecule has 0 fully saturated rings. The standard InChI is InChI=1S/C22H26O4/c1-13(2)21(23)25-18-9-7-17(8-10-18)20-15(5)11-19(12-16(20)6)26-22(24)14(3)4/h7,9,11,16H,1,3,8,10,12H2,2,4-6H3. The first kappa shape index (κ1) is 19.7. The molecule has 0 aromatic rings. The zero-order chi connectivity index (χ0) is 19.4. The zero-order valence-corrected chi connectivity index (χ0v) is 16.0. The van der Waals surface area contributed by atoms with Gasteiger partial charge in [0.05, 0.1) is 0 Å². The van der Waals surface area contributed by atoms with Crippen LogP contribution in [0.25, 0.3) is 0 Å². The molecule has 0 radical (unpaired) electrons. The Kier molecular flexibility index (Phi) is 6.19. The summed E-state index contributed by atoms with van der Waals surface area (Å²) in [6.45, 7) is 14.6. The van der Waals surface area contributed by atoms with Crippen molar-refractivity contribution in [2.45, 2.75) is 47.0 Å². The third-order valence-electron chi connectivity index (χ3n) is 4.40. The van der Waals surface area contributed by atoms with Crippen LogP contribution < -0.4 is 0 Å². The lowest BCUT2D eigenvalue weighted by atomic mass is 9.80. The van der Waals surface area contributed by atoms with E-state index in [0.717, 1.165) is 12.0 Å². The van der Waals surface area contributed by atoms with Crippen LogP contribution in [0.5, 0.6) is 0 Å². The van der Waals surface area contributed by atoms with Crippen LogP contribution in [0.1, 0.15) is 47.0 Å². The minimum Gasteiger partial charge on any atom is -0.428 e. The fourth-order valence-corrected chi connectivity index (χ4v) is 3.15. The first-order valence-electron chi connectivity index (χ1n) is 8.75. The van der Waals surface area contributed by atoms with Crippen molar-refractivity contribution in [1.82, 2.24) is 0 Å². The van der Waals surface area contributed by atoms with Gasteiger partial charge in [0.1, 0.15) is 11.5 Å². The molecule has 4 nitrogen and oxygen atoms in total. The normalized spacial score (nSPS) is 19.8. The molecule has 2 aliphatic carbocycles. The summed E-state index contributed by atoms with van der Waals surface area (Å²) in [6, 6.07) is 0. The smallest absolute Gasteiger partial charge is 0.338 e. The highest BCUT2D eigenvalue weighted by molar-refractivity contribution is 5.88. The molecule has 0 amide bonds. The molecular formula is C22H26O4. The zero-order valence-electron chi connectivity index (χ0n) is 16.0. The van der Waals surface area contributed by atoms with Gasteiger partial charge in [0.15, 0.2) is 0 Å². The highest BCUT2D eigenvalue weighted by atomic mass is 16.5. The maximum Gasteiger partial charge on any atom is 0.338 e. The quantitative estimate of drug-likeness (QED) is 0.511. The van der Waals surface area contributed by atoms with Gasteiger partial charge in [-0.2, -0.15) is 0 Å². The fourth-order valence-electron chi connectivity index (χ4n) is 3.15. The molecule has 0 aromatic heterocycles. The van der Waals surface area contributed by atoms with Crippen molar-refractivity contribution >= 4 is 11.9 Å². The number of hydrogen-bond acceptors (Lipinski definition) is 4. The van der Waals surface area contributed by atoms with Gasteiger partial charge in [-0.25, -0.2) is 9.59 Å². The summed E-state index contributed by atoms with van der Waals surface area (Å²) in [5, 5.41) is 0. The van der Waals surface area contributed by atoms with Crippen LogP contribution >= 0.6 is 0 Å². The van der Waals surface area contributed by atoms with E-state index < -0.39 is 0 Å². The molecular weight excluding hydrogens is 328 g/mol. The van der Waals surface area contributed by atoms with Crippen molar-refractivity contribution in [2.24, 2.45) is 5.92 Å². The van der Waals surface area contributed by atoms with Crippen LogP contribution in [0.3, 0.4) is 0 Å². The molecule has 0 heterocycles. The van der Waals surface area contributed by atoms with Crippen molar-refractivity contribution < 1.29 is 19.1 Å². The Bertz CT molecular complexity index is 787. The first-order valence-corrected chi connectivity index (χ1v) is 8.75. The SMILES string of the molecule is C=C(C)C(=O)OC1=CC=C(C2=C(C)C=C(OC(=O)C(=C)C)CC2C)CC1. The summed E-state index contributed by atoms with van der Waals surface area (Å²) < 4.78 is 10.7. The van der Waals surface area contributed by atoms with E-state index in [1.807, 2.05) is 25.2 Å². The van der Waals surface area contributed by atoms with Gasteiger partial charge in [0.25, 0.3) is 0 Å². The summed E-state index contributed by atoms with van der Waals surface area (Å²) in [4.78, 5) is 23.4. The molecule has 1 unspecified atom stereocenters. The minimum atomic E-state index is -0.388. The topological polar surface area (TPSA) is 52.6 Å². The predicted octanol–water partition coefficient (Wildman–Crippen LogP) is 5.07. The van der Waals surface area contributed by atoms with Gasteiger partial charge < -0.3 is 9.47 Å². The molecule has 26 heavy (non-hydrogen) atoms. The highest BCUT2D eigenvalue weighted by Crippen LogP contribution is 2.38. The van der Waals surface area contributed by atoms with Crippen LogP contribution in [0, 0.1) is 5.92 Å². The van der Waals surface area contributed by atoms with Gasteiger partial charge in [-0.1, -0.05) is 26.2 Å². The van der Waals surface area contributed by atoms with Gasteiger partial charge in [0.2, 0.25) is 0 Å². The molecule has 4 heteroatoms. The van der Waals surface area contributed by atoms with E-state index in [2.05, 4.69) is 20.1 Å². The molecule has 0 saturated carbocycles. The highest BCUT2D eigenvalue weighted by Gasteiger charge is 2.25. The first-order chi connectivity index (χ1) is 12.2. The number of carbonyl (C=O) groups is 2. The average molecular weight is 354 g/mol. The number of ether oxygens (including phenoxy) is 2. The molecule has 2 rings (SSSR count). The summed E-state index contributed by atoms with van der Waals surface area (Å²) in [5.74, 6) is 0.807. The van der Waals surface area contributed by atoms with Gasteiger partial charge in [0, 0.05) is 24.0 Å². The number of hydrogen-bond donors (Lipinski definition) is 0. The molecule has 0 aliphatic heterocycles. The Labute approximate surface area is 155 Å². The maximum absolute atomic E-state index is 11.7. The number of allylic oxidation sites excluding steroid dienone is 8. The monoisotopic (exact) mass is 354 g/mol. The Hall–Kier alpha value is -2.62. The van der Waals surface area contributed by atoms with Crippen LogP contribution in [0.2, 0.25) is 0 Å². The summed E-state index contributed by atoms with van der Waals surface area (Å²) in [5.41, 5.74) is 4.37. The van der Waals surface area contributed by atoms with Gasteiger partial charge in [-0.3, -0.25) is 0 Å². The fraction of sp³-hybridized carbons (Fsp3) is 0.364. The Morgan fingerprint density at radius 2 is 1.58 bits per heavy atom. The molecule has 2 aliphatic rings. The van der Waals surface area contributed by atoms with E-state index in [4.69, 9.17) is 9.47 Å². The second kappa shape index (κ2) is 8.17. The Morgan fingerprint density at radius 1 is 1.00 bits per heavy atom. The third-order valence-corrected chi connectivity index (χ3v) is 4.40. The largest absolute Gasteiger partial charge is 0.428 e. The molecule has 0 saturated heterocycles. The number of carbonyl (C=O) groups excluding carboxylic acids is 2. The maximum atomic E-state index is 11.7. The minimum absolute atomic E-state index is 0.243. The van der Waals surface area contributed by atoms with Crippen molar-refractivity contribution in [2.75, 3.05) is 0 Å². The molecule has 0 spiro atoms. The lowest BCUT2D eigenvalue weighted by Crippen LogP contribution is -2.16. The summed E-state index contributed by atoms with van der Waals surface area (Å²) >= 11 is 0. The number of esters is 2. The summed E-state index contributed by atoms with van der Waals surface area (Å²) in [6.07, 6.45) is 7.95. The van der Waals surface area contributed by atoms with E-state index in [-0.39, 0.29) is 17.9 Å².